The van der Waals surface area contributed by atoms with Gasteiger partial charge in [-0.25, -0.2) is 0 Å². The molecule has 3 unspecified atom stereocenters. The predicted molar refractivity (Wildman–Crippen MR) is 65.5 cm³/mol. The van der Waals surface area contributed by atoms with Gasteiger partial charge in [0.15, 0.2) is 0 Å². The average molecular weight is 267 g/mol. The highest BCUT2D eigenvalue weighted by molar-refractivity contribution is 4.82. The van der Waals surface area contributed by atoms with Gasteiger partial charge in [-0.2, -0.15) is 13.2 Å². The zero-order chi connectivity index (χ0) is 13.6. The Bertz CT molecular complexity index is 233. The third kappa shape index (κ3) is 6.05. The van der Waals surface area contributed by atoms with Crippen LogP contribution in [0.5, 0.6) is 0 Å². The minimum atomic E-state index is -4.03. The van der Waals surface area contributed by atoms with Gasteiger partial charge in [-0.05, 0) is 39.2 Å². The van der Waals surface area contributed by atoms with Crippen LogP contribution in [0.3, 0.4) is 0 Å². The molecule has 0 aromatic rings. The maximum absolute atomic E-state index is 12.2. The Morgan fingerprint density at radius 1 is 1.39 bits per heavy atom. The van der Waals surface area contributed by atoms with Crippen LogP contribution in [0.4, 0.5) is 13.2 Å². The molecule has 1 rings (SSSR count). The molecule has 2 nitrogen and oxygen atoms in total. The first kappa shape index (κ1) is 15.8. The van der Waals surface area contributed by atoms with Crippen molar-refractivity contribution in [2.24, 2.45) is 5.92 Å². The highest BCUT2D eigenvalue weighted by Gasteiger charge is 2.31. The van der Waals surface area contributed by atoms with Gasteiger partial charge in [0.1, 0.15) is 0 Å². The lowest BCUT2D eigenvalue weighted by molar-refractivity contribution is -0.136. The van der Waals surface area contributed by atoms with Gasteiger partial charge in [0.25, 0.3) is 0 Å². The zero-order valence-electron chi connectivity index (χ0n) is 11.2. The SMILES string of the molecule is CCCNC(CCCC(F)(F)F)C1COC(C)C1. The quantitative estimate of drug-likeness (QED) is 0.762. The van der Waals surface area contributed by atoms with Crippen molar-refractivity contribution in [1.29, 1.82) is 0 Å². The minimum Gasteiger partial charge on any atom is -0.378 e. The number of ether oxygens (including phenoxy) is 1. The largest absolute Gasteiger partial charge is 0.389 e. The second-order valence-corrected chi connectivity index (χ2v) is 5.21. The van der Waals surface area contributed by atoms with E-state index in [-0.39, 0.29) is 18.6 Å². The Morgan fingerprint density at radius 2 is 2.11 bits per heavy atom. The van der Waals surface area contributed by atoms with Crippen LogP contribution in [0.2, 0.25) is 0 Å². The van der Waals surface area contributed by atoms with Crippen molar-refractivity contribution >= 4 is 0 Å². The van der Waals surface area contributed by atoms with Crippen molar-refractivity contribution in [2.75, 3.05) is 13.2 Å². The van der Waals surface area contributed by atoms with Crippen LogP contribution in [0.15, 0.2) is 0 Å². The summed E-state index contributed by atoms with van der Waals surface area (Å²) in [4.78, 5) is 0. The first-order chi connectivity index (χ1) is 8.42. The first-order valence-electron chi connectivity index (χ1n) is 6.84. The summed E-state index contributed by atoms with van der Waals surface area (Å²) in [5.74, 6) is 0.361. The lowest BCUT2D eigenvalue weighted by Crippen LogP contribution is -2.37. The van der Waals surface area contributed by atoms with Gasteiger partial charge < -0.3 is 10.1 Å². The summed E-state index contributed by atoms with van der Waals surface area (Å²) in [5, 5.41) is 3.37. The number of hydrogen-bond acceptors (Lipinski definition) is 2. The van der Waals surface area contributed by atoms with Crippen LogP contribution in [0.25, 0.3) is 0 Å². The van der Waals surface area contributed by atoms with E-state index in [9.17, 15) is 13.2 Å². The number of hydrogen-bond donors (Lipinski definition) is 1. The van der Waals surface area contributed by atoms with E-state index in [2.05, 4.69) is 12.2 Å². The maximum atomic E-state index is 12.2. The van der Waals surface area contributed by atoms with Gasteiger partial charge in [-0.1, -0.05) is 6.92 Å². The minimum absolute atomic E-state index is 0.164. The molecule has 0 radical (unpaired) electrons. The third-order valence-electron chi connectivity index (χ3n) is 3.43. The zero-order valence-corrected chi connectivity index (χ0v) is 11.2. The van der Waals surface area contributed by atoms with Crippen LogP contribution in [-0.4, -0.2) is 31.5 Å². The number of alkyl halides is 3. The van der Waals surface area contributed by atoms with E-state index in [0.29, 0.717) is 18.9 Å². The van der Waals surface area contributed by atoms with Crippen molar-refractivity contribution in [3.05, 3.63) is 0 Å². The van der Waals surface area contributed by atoms with E-state index >= 15 is 0 Å². The van der Waals surface area contributed by atoms with Crippen LogP contribution in [0.1, 0.15) is 46.0 Å². The van der Waals surface area contributed by atoms with Gasteiger partial charge in [0, 0.05) is 18.4 Å². The molecule has 0 bridgehead atoms. The van der Waals surface area contributed by atoms with Crippen molar-refractivity contribution < 1.29 is 17.9 Å². The molecular weight excluding hydrogens is 243 g/mol. The molecule has 0 saturated carbocycles. The van der Waals surface area contributed by atoms with Crippen LogP contribution >= 0.6 is 0 Å². The first-order valence-corrected chi connectivity index (χ1v) is 6.84. The maximum Gasteiger partial charge on any atom is 0.389 e. The van der Waals surface area contributed by atoms with Gasteiger partial charge in [0.2, 0.25) is 0 Å². The summed E-state index contributed by atoms with van der Waals surface area (Å²) in [5.41, 5.74) is 0. The van der Waals surface area contributed by atoms with Gasteiger partial charge in [-0.3, -0.25) is 0 Å². The molecule has 108 valence electrons. The number of halogens is 3. The molecular formula is C13H24F3NO. The average Bonchev–Trinajstić information content (AvgIpc) is 2.68. The number of nitrogens with one attached hydrogen (secondary N) is 1. The fourth-order valence-electron chi connectivity index (χ4n) is 2.49. The number of rotatable bonds is 7. The van der Waals surface area contributed by atoms with E-state index in [1.807, 2.05) is 6.92 Å². The molecule has 5 heteroatoms. The van der Waals surface area contributed by atoms with Crippen molar-refractivity contribution in [3.8, 4) is 0 Å². The highest BCUT2D eigenvalue weighted by atomic mass is 19.4. The molecule has 1 aliphatic heterocycles. The van der Waals surface area contributed by atoms with Gasteiger partial charge in [-0.15, -0.1) is 0 Å². The fourth-order valence-corrected chi connectivity index (χ4v) is 2.49. The second-order valence-electron chi connectivity index (χ2n) is 5.21. The predicted octanol–water partition coefficient (Wildman–Crippen LogP) is 3.51. The molecule has 0 spiro atoms. The Balaban J connectivity index is 2.35. The Morgan fingerprint density at radius 3 is 2.61 bits per heavy atom. The van der Waals surface area contributed by atoms with Crippen LogP contribution in [0, 0.1) is 5.92 Å². The van der Waals surface area contributed by atoms with E-state index in [1.54, 1.807) is 0 Å². The Labute approximate surface area is 107 Å². The molecule has 1 fully saturated rings. The van der Waals surface area contributed by atoms with Gasteiger partial charge >= 0.3 is 6.18 Å². The summed E-state index contributed by atoms with van der Waals surface area (Å²) in [6.45, 7) is 5.62. The molecule has 0 aromatic heterocycles. The molecule has 1 saturated heterocycles. The van der Waals surface area contributed by atoms with Crippen LogP contribution in [-0.2, 0) is 4.74 Å². The lowest BCUT2D eigenvalue weighted by atomic mass is 9.92. The van der Waals surface area contributed by atoms with Crippen molar-refractivity contribution in [2.45, 2.75) is 64.3 Å². The molecule has 1 heterocycles. The summed E-state index contributed by atoms with van der Waals surface area (Å²) in [6.07, 6.45) is -1.74. The molecule has 3 atom stereocenters. The van der Waals surface area contributed by atoms with E-state index in [4.69, 9.17) is 4.74 Å². The Hall–Kier alpha value is -0.290. The standard InChI is InChI=1S/C13H24F3NO/c1-3-7-17-12(5-4-6-13(14,15)16)11-8-10(2)18-9-11/h10-12,17H,3-9H2,1-2H3. The van der Waals surface area contributed by atoms with E-state index < -0.39 is 12.6 Å². The fraction of sp³-hybridized carbons (Fsp3) is 1.00. The smallest absolute Gasteiger partial charge is 0.378 e. The summed E-state index contributed by atoms with van der Waals surface area (Å²) >= 11 is 0. The monoisotopic (exact) mass is 267 g/mol. The molecule has 0 amide bonds. The van der Waals surface area contributed by atoms with Crippen molar-refractivity contribution in [3.63, 3.8) is 0 Å². The molecule has 0 aromatic carbocycles. The summed E-state index contributed by atoms with van der Waals surface area (Å²) in [7, 11) is 0. The van der Waals surface area contributed by atoms with E-state index in [1.165, 1.54) is 0 Å². The highest BCUT2D eigenvalue weighted by Crippen LogP contribution is 2.27. The third-order valence-corrected chi connectivity index (χ3v) is 3.43. The second kappa shape index (κ2) is 7.34. The Kier molecular flexibility index (Phi) is 6.43. The van der Waals surface area contributed by atoms with Gasteiger partial charge in [0.05, 0.1) is 12.7 Å². The summed E-state index contributed by atoms with van der Waals surface area (Å²) < 4.78 is 42.0. The van der Waals surface area contributed by atoms with E-state index in [0.717, 1.165) is 19.4 Å². The van der Waals surface area contributed by atoms with Crippen LogP contribution < -0.4 is 5.32 Å². The summed E-state index contributed by atoms with van der Waals surface area (Å²) in [6, 6.07) is 0.164. The normalized spacial score (nSPS) is 26.5. The van der Waals surface area contributed by atoms with Crippen molar-refractivity contribution in [1.82, 2.24) is 5.32 Å². The molecule has 0 aliphatic carbocycles. The molecule has 1 aliphatic rings. The molecule has 18 heavy (non-hydrogen) atoms. The molecule has 1 N–H and O–H groups in total. The lowest BCUT2D eigenvalue weighted by Gasteiger charge is -2.24. The topological polar surface area (TPSA) is 21.3 Å².